The molecule has 2 aromatic rings. The van der Waals surface area contributed by atoms with Gasteiger partial charge in [0.05, 0.1) is 4.90 Å². The molecule has 0 spiro atoms. The van der Waals surface area contributed by atoms with Gasteiger partial charge in [-0.3, -0.25) is 14.3 Å². The lowest BCUT2D eigenvalue weighted by atomic mass is 10.1. The summed E-state index contributed by atoms with van der Waals surface area (Å²) in [5.41, 5.74) is 1.98. The van der Waals surface area contributed by atoms with E-state index in [1.807, 2.05) is 19.9 Å². The number of benzene rings is 2. The summed E-state index contributed by atoms with van der Waals surface area (Å²) in [4.78, 5) is 24.6. The Morgan fingerprint density at radius 3 is 2.48 bits per heavy atom. The summed E-state index contributed by atoms with van der Waals surface area (Å²) in [6.07, 6.45) is 0.801. The first-order valence-corrected chi connectivity index (χ1v) is 10.9. The van der Waals surface area contributed by atoms with Crippen LogP contribution in [-0.4, -0.2) is 32.8 Å². The van der Waals surface area contributed by atoms with Crippen LogP contribution in [0.4, 0.5) is 5.69 Å². The van der Waals surface area contributed by atoms with Crippen LogP contribution >= 0.6 is 0 Å². The molecule has 0 bridgehead atoms. The average molecular weight is 418 g/mol. The molecule has 2 amide bonds. The Labute approximate surface area is 172 Å². The van der Waals surface area contributed by atoms with Crippen LogP contribution in [0.15, 0.2) is 47.4 Å². The van der Waals surface area contributed by atoms with Gasteiger partial charge in [-0.25, -0.2) is 8.42 Å². The smallest absolute Gasteiger partial charge is 0.262 e. The van der Waals surface area contributed by atoms with Gasteiger partial charge < -0.3 is 10.6 Å². The fourth-order valence-corrected chi connectivity index (χ4v) is 4.06. The molecule has 0 aromatic heterocycles. The van der Waals surface area contributed by atoms with Gasteiger partial charge in [0.2, 0.25) is 5.91 Å². The predicted octanol–water partition coefficient (Wildman–Crippen LogP) is 2.75. The van der Waals surface area contributed by atoms with Crippen molar-refractivity contribution in [3.05, 3.63) is 59.2 Å². The van der Waals surface area contributed by atoms with Crippen LogP contribution in [-0.2, 0) is 14.8 Å². The lowest BCUT2D eigenvalue weighted by Gasteiger charge is -2.15. The minimum atomic E-state index is -3.80. The van der Waals surface area contributed by atoms with Gasteiger partial charge in [-0.15, -0.1) is 0 Å². The third kappa shape index (κ3) is 6.05. The molecule has 0 fully saturated rings. The summed E-state index contributed by atoms with van der Waals surface area (Å²) >= 11 is 0. The number of carbonyl (C=O) groups is 2. The van der Waals surface area contributed by atoms with Gasteiger partial charge in [0.1, 0.15) is 6.04 Å². The first-order valence-electron chi connectivity index (χ1n) is 9.42. The molecule has 0 radical (unpaired) electrons. The Morgan fingerprint density at radius 2 is 1.79 bits per heavy atom. The number of anilines is 1. The molecular weight excluding hydrogens is 390 g/mol. The first-order chi connectivity index (χ1) is 13.6. The standard InChI is InChI=1S/C21H27N3O4S/c1-5-11-22-20(25)16(4)23-21(26)17-7-6-8-18(13-17)24-29(27,28)19-12-14(2)9-10-15(19)3/h6-10,12-13,16,24H,5,11H2,1-4H3,(H,22,25)(H,23,26)/t16-/m0/s1. The van der Waals surface area contributed by atoms with E-state index in [0.717, 1.165) is 12.0 Å². The molecule has 8 heteroatoms. The monoisotopic (exact) mass is 417 g/mol. The summed E-state index contributed by atoms with van der Waals surface area (Å²) in [5, 5.41) is 5.33. The molecule has 0 aliphatic rings. The van der Waals surface area contributed by atoms with Crippen LogP contribution in [0.1, 0.15) is 41.8 Å². The quantitative estimate of drug-likeness (QED) is 0.614. The van der Waals surface area contributed by atoms with Crippen molar-refractivity contribution in [1.29, 1.82) is 0 Å². The van der Waals surface area contributed by atoms with Crippen molar-refractivity contribution in [2.45, 2.75) is 45.1 Å². The van der Waals surface area contributed by atoms with Gasteiger partial charge in [0, 0.05) is 17.8 Å². The maximum Gasteiger partial charge on any atom is 0.262 e. The Kier molecular flexibility index (Phi) is 7.39. The van der Waals surface area contributed by atoms with Crippen molar-refractivity contribution < 1.29 is 18.0 Å². The van der Waals surface area contributed by atoms with Gasteiger partial charge in [0.15, 0.2) is 0 Å². The van der Waals surface area contributed by atoms with E-state index in [2.05, 4.69) is 15.4 Å². The van der Waals surface area contributed by atoms with E-state index in [1.165, 1.54) is 6.07 Å². The summed E-state index contributed by atoms with van der Waals surface area (Å²) in [6, 6.07) is 10.6. The average Bonchev–Trinajstić information content (AvgIpc) is 2.67. The SMILES string of the molecule is CCCNC(=O)[C@H](C)NC(=O)c1cccc(NS(=O)(=O)c2cc(C)ccc2C)c1. The van der Waals surface area contributed by atoms with Crippen molar-refractivity contribution >= 4 is 27.5 Å². The largest absolute Gasteiger partial charge is 0.354 e. The zero-order chi connectivity index (χ0) is 21.6. The van der Waals surface area contributed by atoms with Crippen molar-refractivity contribution in [1.82, 2.24) is 10.6 Å². The zero-order valence-electron chi connectivity index (χ0n) is 17.1. The second-order valence-corrected chi connectivity index (χ2v) is 8.59. The topological polar surface area (TPSA) is 104 Å². The number of sulfonamides is 1. The Balaban J connectivity index is 2.15. The van der Waals surface area contributed by atoms with Crippen LogP contribution in [0.3, 0.4) is 0 Å². The molecule has 1 atom stereocenters. The highest BCUT2D eigenvalue weighted by Gasteiger charge is 2.19. The fraction of sp³-hybridized carbons (Fsp3) is 0.333. The molecule has 0 aliphatic heterocycles. The normalized spacial score (nSPS) is 12.1. The molecule has 0 saturated carbocycles. The Hall–Kier alpha value is -2.87. The molecule has 29 heavy (non-hydrogen) atoms. The summed E-state index contributed by atoms with van der Waals surface area (Å²) in [7, 11) is -3.80. The summed E-state index contributed by atoms with van der Waals surface area (Å²) < 4.78 is 28.0. The van der Waals surface area contributed by atoms with Crippen molar-refractivity contribution in [3.63, 3.8) is 0 Å². The summed E-state index contributed by atoms with van der Waals surface area (Å²) in [5.74, 6) is -0.732. The zero-order valence-corrected chi connectivity index (χ0v) is 17.9. The Bertz CT molecular complexity index is 1000. The van der Waals surface area contributed by atoms with E-state index in [-0.39, 0.29) is 22.1 Å². The third-order valence-electron chi connectivity index (χ3n) is 4.30. The van der Waals surface area contributed by atoms with E-state index in [9.17, 15) is 18.0 Å². The van der Waals surface area contributed by atoms with Crippen LogP contribution in [0.5, 0.6) is 0 Å². The van der Waals surface area contributed by atoms with Crippen LogP contribution in [0, 0.1) is 13.8 Å². The van der Waals surface area contributed by atoms with Gasteiger partial charge in [-0.05, 0) is 62.6 Å². The highest BCUT2D eigenvalue weighted by atomic mass is 32.2. The molecular formula is C21H27N3O4S. The third-order valence-corrected chi connectivity index (χ3v) is 5.82. The van der Waals surface area contributed by atoms with Crippen molar-refractivity contribution in [3.8, 4) is 0 Å². The van der Waals surface area contributed by atoms with Crippen LogP contribution in [0.25, 0.3) is 0 Å². The molecule has 0 saturated heterocycles. The van der Waals surface area contributed by atoms with E-state index < -0.39 is 22.0 Å². The lowest BCUT2D eigenvalue weighted by Crippen LogP contribution is -2.45. The first kappa shape index (κ1) is 22.4. The number of aryl methyl sites for hydroxylation is 2. The van der Waals surface area contributed by atoms with E-state index in [4.69, 9.17) is 0 Å². The fourth-order valence-electron chi connectivity index (χ4n) is 2.68. The lowest BCUT2D eigenvalue weighted by molar-refractivity contribution is -0.122. The molecule has 0 aliphatic carbocycles. The van der Waals surface area contributed by atoms with Gasteiger partial charge >= 0.3 is 0 Å². The van der Waals surface area contributed by atoms with Crippen LogP contribution < -0.4 is 15.4 Å². The number of amides is 2. The molecule has 0 unspecified atom stereocenters. The maximum atomic E-state index is 12.8. The molecule has 3 N–H and O–H groups in total. The van der Waals surface area contributed by atoms with E-state index in [0.29, 0.717) is 12.1 Å². The van der Waals surface area contributed by atoms with E-state index >= 15 is 0 Å². The van der Waals surface area contributed by atoms with E-state index in [1.54, 1.807) is 44.2 Å². The number of hydrogen-bond acceptors (Lipinski definition) is 4. The molecule has 7 nitrogen and oxygen atoms in total. The maximum absolute atomic E-state index is 12.8. The molecule has 2 rings (SSSR count). The highest BCUT2D eigenvalue weighted by molar-refractivity contribution is 7.92. The van der Waals surface area contributed by atoms with Gasteiger partial charge in [-0.1, -0.05) is 25.1 Å². The number of hydrogen-bond donors (Lipinski definition) is 3. The number of rotatable bonds is 8. The second-order valence-electron chi connectivity index (χ2n) is 6.94. The minimum absolute atomic E-state index is 0.188. The molecule has 156 valence electrons. The van der Waals surface area contributed by atoms with Gasteiger partial charge in [-0.2, -0.15) is 0 Å². The van der Waals surface area contributed by atoms with Crippen molar-refractivity contribution in [2.24, 2.45) is 0 Å². The summed E-state index contributed by atoms with van der Waals surface area (Å²) in [6.45, 7) is 7.61. The Morgan fingerprint density at radius 1 is 1.07 bits per heavy atom. The van der Waals surface area contributed by atoms with Gasteiger partial charge in [0.25, 0.3) is 15.9 Å². The number of carbonyl (C=O) groups excluding carboxylic acids is 2. The molecule has 0 heterocycles. The second kappa shape index (κ2) is 9.56. The predicted molar refractivity (Wildman–Crippen MR) is 113 cm³/mol. The van der Waals surface area contributed by atoms with Crippen molar-refractivity contribution in [2.75, 3.05) is 11.3 Å². The minimum Gasteiger partial charge on any atom is -0.354 e. The highest BCUT2D eigenvalue weighted by Crippen LogP contribution is 2.21. The van der Waals surface area contributed by atoms with Crippen LogP contribution in [0.2, 0.25) is 0 Å². The number of nitrogens with one attached hydrogen (secondary N) is 3. The molecule has 2 aromatic carbocycles.